The van der Waals surface area contributed by atoms with E-state index in [1.165, 1.54) is 21.5 Å². The Morgan fingerprint density at radius 2 is 0.895 bits per heavy atom. The number of ether oxygens (including phenoxy) is 2. The summed E-state index contributed by atoms with van der Waals surface area (Å²) in [6, 6.07) is 43.8. The van der Waals surface area contributed by atoms with Gasteiger partial charge in [0.1, 0.15) is 24.7 Å². The maximum absolute atomic E-state index is 13.3. The maximum Gasteiger partial charge on any atom is 0.193 e. The van der Waals surface area contributed by atoms with Crippen molar-refractivity contribution >= 4 is 27.3 Å². The summed E-state index contributed by atoms with van der Waals surface area (Å²) in [5.74, 6) is 1.25. The lowest BCUT2D eigenvalue weighted by molar-refractivity contribution is 0.103. The molecule has 0 unspecified atom stereocenters. The molecule has 6 rings (SSSR count). The third-order valence-corrected chi connectivity index (χ3v) is 6.63. The van der Waals surface area contributed by atoms with Gasteiger partial charge in [-0.05, 0) is 69.1 Å². The minimum atomic E-state index is -0.0719. The van der Waals surface area contributed by atoms with Gasteiger partial charge in [0.05, 0.1) is 0 Å². The van der Waals surface area contributed by atoms with E-state index in [-0.39, 0.29) is 5.78 Å². The average Bonchev–Trinajstić information content (AvgIpc) is 2.98. The molecule has 0 amide bonds. The van der Waals surface area contributed by atoms with Crippen LogP contribution in [0, 0.1) is 0 Å². The van der Waals surface area contributed by atoms with Crippen LogP contribution in [0.1, 0.15) is 27.0 Å². The Morgan fingerprint density at radius 1 is 0.447 bits per heavy atom. The van der Waals surface area contributed by atoms with Gasteiger partial charge in [-0.3, -0.25) is 4.79 Å². The number of fused-ring (bicyclic) bond motifs is 2. The van der Waals surface area contributed by atoms with E-state index in [1.807, 2.05) is 60.7 Å². The van der Waals surface area contributed by atoms with Crippen LogP contribution in [0.2, 0.25) is 0 Å². The first-order valence-electron chi connectivity index (χ1n) is 12.7. The molecule has 0 aromatic heterocycles. The van der Waals surface area contributed by atoms with Gasteiger partial charge in [0, 0.05) is 11.1 Å². The van der Waals surface area contributed by atoms with Gasteiger partial charge in [-0.25, -0.2) is 0 Å². The van der Waals surface area contributed by atoms with Gasteiger partial charge < -0.3 is 9.47 Å². The van der Waals surface area contributed by atoms with Crippen molar-refractivity contribution < 1.29 is 14.3 Å². The first-order chi connectivity index (χ1) is 18.7. The maximum atomic E-state index is 13.3. The summed E-state index contributed by atoms with van der Waals surface area (Å²) >= 11 is 0. The number of hydrogen-bond donors (Lipinski definition) is 0. The lowest BCUT2D eigenvalue weighted by atomic mass is 10.0. The number of carbonyl (C=O) groups excluding carboxylic acids is 1. The Kier molecular flexibility index (Phi) is 6.57. The monoisotopic (exact) mass is 494 g/mol. The van der Waals surface area contributed by atoms with Crippen molar-refractivity contribution in [2.24, 2.45) is 0 Å². The first-order valence-corrected chi connectivity index (χ1v) is 12.7. The van der Waals surface area contributed by atoms with Gasteiger partial charge >= 0.3 is 0 Å². The van der Waals surface area contributed by atoms with Crippen LogP contribution in [-0.4, -0.2) is 5.78 Å². The summed E-state index contributed by atoms with van der Waals surface area (Å²) in [7, 11) is 0. The summed E-state index contributed by atoms with van der Waals surface area (Å²) in [5.41, 5.74) is 3.31. The molecular formula is C35H26O3. The number of rotatable bonds is 8. The van der Waals surface area contributed by atoms with Crippen LogP contribution in [-0.2, 0) is 13.2 Å². The van der Waals surface area contributed by atoms with Crippen LogP contribution in [0.25, 0.3) is 21.5 Å². The average molecular weight is 495 g/mol. The van der Waals surface area contributed by atoms with E-state index in [0.717, 1.165) is 11.1 Å². The van der Waals surface area contributed by atoms with E-state index < -0.39 is 0 Å². The topological polar surface area (TPSA) is 35.5 Å². The molecule has 184 valence electrons. The highest BCUT2D eigenvalue weighted by Crippen LogP contribution is 2.23. The SMILES string of the molecule is O=C(c1cccc(OCc2ccc3ccccc3c2)c1)c1cccc(OCc2ccc3ccccc3c2)c1. The zero-order chi connectivity index (χ0) is 25.7. The standard InChI is InChI=1S/C35H26O3/c36-35(31-11-5-13-33(21-31)37-23-25-15-17-27-7-1-3-9-29(27)19-25)32-12-6-14-34(22-32)38-24-26-16-18-28-8-2-4-10-30(28)20-26/h1-22H,23-24H2. The molecule has 6 aromatic rings. The Bertz CT molecular complexity index is 1620. The molecule has 0 N–H and O–H groups in total. The number of carbonyl (C=O) groups is 1. The van der Waals surface area contributed by atoms with Gasteiger partial charge in [-0.15, -0.1) is 0 Å². The summed E-state index contributed by atoms with van der Waals surface area (Å²) in [5, 5.41) is 4.76. The predicted octanol–water partition coefficient (Wildman–Crippen LogP) is 8.38. The Morgan fingerprint density at radius 3 is 1.37 bits per heavy atom. The molecular weight excluding hydrogens is 468 g/mol. The first kappa shape index (κ1) is 23.5. The van der Waals surface area contributed by atoms with Gasteiger partial charge in [0.15, 0.2) is 5.78 Å². The van der Waals surface area contributed by atoms with Crippen molar-refractivity contribution in [1.29, 1.82) is 0 Å². The van der Waals surface area contributed by atoms with Gasteiger partial charge in [0.2, 0.25) is 0 Å². The number of benzene rings is 6. The summed E-state index contributed by atoms with van der Waals surface area (Å²) in [6.45, 7) is 0.862. The second-order valence-electron chi connectivity index (χ2n) is 9.33. The number of ketones is 1. The second-order valence-corrected chi connectivity index (χ2v) is 9.33. The van der Waals surface area contributed by atoms with E-state index in [2.05, 4.69) is 60.7 Å². The molecule has 0 aliphatic rings. The summed E-state index contributed by atoms with van der Waals surface area (Å²) in [4.78, 5) is 13.3. The molecule has 0 saturated heterocycles. The fourth-order valence-corrected chi connectivity index (χ4v) is 4.61. The second kappa shape index (κ2) is 10.6. The lowest BCUT2D eigenvalue weighted by Gasteiger charge is -2.10. The van der Waals surface area contributed by atoms with Crippen LogP contribution in [0.3, 0.4) is 0 Å². The minimum absolute atomic E-state index is 0.0719. The number of hydrogen-bond acceptors (Lipinski definition) is 3. The molecule has 0 aliphatic heterocycles. The van der Waals surface area contributed by atoms with Gasteiger partial charge in [-0.2, -0.15) is 0 Å². The Labute approximate surface area is 221 Å². The van der Waals surface area contributed by atoms with Gasteiger partial charge in [-0.1, -0.05) is 97.1 Å². The molecule has 0 heterocycles. The molecule has 0 saturated carbocycles. The molecule has 0 spiro atoms. The van der Waals surface area contributed by atoms with Crippen molar-refractivity contribution in [2.45, 2.75) is 13.2 Å². The quantitative estimate of drug-likeness (QED) is 0.199. The largest absolute Gasteiger partial charge is 0.489 e. The third kappa shape index (κ3) is 5.28. The van der Waals surface area contributed by atoms with E-state index >= 15 is 0 Å². The van der Waals surface area contributed by atoms with E-state index in [1.54, 1.807) is 12.1 Å². The van der Waals surface area contributed by atoms with Crippen molar-refractivity contribution in [1.82, 2.24) is 0 Å². The third-order valence-electron chi connectivity index (χ3n) is 6.63. The highest BCUT2D eigenvalue weighted by molar-refractivity contribution is 6.09. The molecule has 3 heteroatoms. The zero-order valence-electron chi connectivity index (χ0n) is 20.8. The smallest absolute Gasteiger partial charge is 0.193 e. The molecule has 0 radical (unpaired) electrons. The highest BCUT2D eigenvalue weighted by Gasteiger charge is 2.12. The minimum Gasteiger partial charge on any atom is -0.489 e. The predicted molar refractivity (Wildman–Crippen MR) is 153 cm³/mol. The molecule has 0 bridgehead atoms. The molecule has 38 heavy (non-hydrogen) atoms. The fourth-order valence-electron chi connectivity index (χ4n) is 4.61. The molecule has 0 atom stereocenters. The normalized spacial score (nSPS) is 10.9. The summed E-state index contributed by atoms with van der Waals surface area (Å²) < 4.78 is 12.1. The lowest BCUT2D eigenvalue weighted by Crippen LogP contribution is -2.03. The van der Waals surface area contributed by atoms with Crippen LogP contribution < -0.4 is 9.47 Å². The zero-order valence-corrected chi connectivity index (χ0v) is 20.8. The van der Waals surface area contributed by atoms with E-state index in [0.29, 0.717) is 35.8 Å². The van der Waals surface area contributed by atoms with E-state index in [4.69, 9.17) is 9.47 Å². The molecule has 0 aliphatic carbocycles. The van der Waals surface area contributed by atoms with Crippen LogP contribution in [0.15, 0.2) is 133 Å². The van der Waals surface area contributed by atoms with Gasteiger partial charge in [0.25, 0.3) is 0 Å². The van der Waals surface area contributed by atoms with Crippen molar-refractivity contribution in [3.8, 4) is 11.5 Å². The van der Waals surface area contributed by atoms with Crippen molar-refractivity contribution in [2.75, 3.05) is 0 Å². The van der Waals surface area contributed by atoms with E-state index in [9.17, 15) is 4.79 Å². The van der Waals surface area contributed by atoms with Crippen LogP contribution >= 0.6 is 0 Å². The van der Waals surface area contributed by atoms with Crippen molar-refractivity contribution in [3.05, 3.63) is 156 Å². The molecule has 6 aromatic carbocycles. The molecule has 0 fully saturated rings. The van der Waals surface area contributed by atoms with Crippen molar-refractivity contribution in [3.63, 3.8) is 0 Å². The Balaban J connectivity index is 1.12. The highest BCUT2D eigenvalue weighted by atomic mass is 16.5. The Hall–Kier alpha value is -4.89. The van der Waals surface area contributed by atoms with Crippen LogP contribution in [0.5, 0.6) is 11.5 Å². The fraction of sp³-hybridized carbons (Fsp3) is 0.0571. The van der Waals surface area contributed by atoms with Crippen LogP contribution in [0.4, 0.5) is 0 Å². The summed E-state index contributed by atoms with van der Waals surface area (Å²) in [6.07, 6.45) is 0. The molecule has 3 nitrogen and oxygen atoms in total.